The number of aliphatic hydroxyl groups is 4. The number of allylic oxidation sites excluding steroid dienone is 8. The van der Waals surface area contributed by atoms with Crippen LogP contribution in [0.2, 0.25) is 0 Å². The quantitative estimate of drug-likeness (QED) is 0.0265. The maximum atomic E-state index is 12.8. The number of esters is 2. The molecule has 0 aromatic carbocycles. The van der Waals surface area contributed by atoms with E-state index in [1.165, 1.54) is 103 Å². The van der Waals surface area contributed by atoms with Gasteiger partial charge in [0.25, 0.3) is 0 Å². The number of aliphatic hydroxyl groups excluding tert-OH is 4. The highest BCUT2D eigenvalue weighted by atomic mass is 16.7. The van der Waals surface area contributed by atoms with Gasteiger partial charge in [-0.2, -0.15) is 0 Å². The molecule has 0 amide bonds. The van der Waals surface area contributed by atoms with Gasteiger partial charge in [0.15, 0.2) is 12.4 Å². The Bertz CT molecular complexity index is 1130. The molecular weight excluding hydrogens is 773 g/mol. The van der Waals surface area contributed by atoms with Crippen molar-refractivity contribution in [2.75, 3.05) is 19.8 Å². The van der Waals surface area contributed by atoms with E-state index in [0.717, 1.165) is 70.6 Å². The Hall–Kier alpha value is -2.34. The van der Waals surface area contributed by atoms with E-state index in [1.807, 2.05) is 0 Å². The molecule has 10 heteroatoms. The lowest BCUT2D eigenvalue weighted by Crippen LogP contribution is -2.59. The van der Waals surface area contributed by atoms with Crippen LogP contribution >= 0.6 is 0 Å². The summed E-state index contributed by atoms with van der Waals surface area (Å²) in [6.07, 6.45) is 42.6. The molecule has 10 nitrogen and oxygen atoms in total. The smallest absolute Gasteiger partial charge is 0.306 e. The van der Waals surface area contributed by atoms with Crippen molar-refractivity contribution in [1.29, 1.82) is 0 Å². The molecule has 0 aromatic rings. The van der Waals surface area contributed by atoms with Crippen molar-refractivity contribution < 1.29 is 49.0 Å². The molecule has 1 rings (SSSR count). The summed E-state index contributed by atoms with van der Waals surface area (Å²) in [5, 5.41) is 40.1. The molecule has 0 spiro atoms. The van der Waals surface area contributed by atoms with Crippen molar-refractivity contribution in [1.82, 2.24) is 0 Å². The third-order valence-electron chi connectivity index (χ3n) is 11.2. The molecule has 1 saturated heterocycles. The fourth-order valence-corrected chi connectivity index (χ4v) is 7.36. The van der Waals surface area contributed by atoms with Crippen molar-refractivity contribution in [2.45, 2.75) is 243 Å². The Balaban J connectivity index is 2.26. The van der Waals surface area contributed by atoms with Crippen molar-refractivity contribution in [2.24, 2.45) is 0 Å². The van der Waals surface area contributed by atoms with Gasteiger partial charge in [0.1, 0.15) is 31.0 Å². The number of carbonyl (C=O) groups excluding carboxylic acids is 2. The van der Waals surface area contributed by atoms with Crippen molar-refractivity contribution in [3.8, 4) is 0 Å². The van der Waals surface area contributed by atoms with E-state index >= 15 is 0 Å². The summed E-state index contributed by atoms with van der Waals surface area (Å²) in [5.41, 5.74) is 0. The van der Waals surface area contributed by atoms with Crippen LogP contribution in [-0.2, 0) is 28.5 Å². The fourth-order valence-electron chi connectivity index (χ4n) is 7.36. The van der Waals surface area contributed by atoms with Crippen LogP contribution in [0.5, 0.6) is 0 Å². The molecule has 6 atom stereocenters. The van der Waals surface area contributed by atoms with Gasteiger partial charge in [0.05, 0.1) is 13.2 Å². The first-order valence-corrected chi connectivity index (χ1v) is 24.7. The van der Waals surface area contributed by atoms with Gasteiger partial charge in [0, 0.05) is 12.8 Å². The van der Waals surface area contributed by atoms with Gasteiger partial charge >= 0.3 is 11.9 Å². The number of carbonyl (C=O) groups is 2. The van der Waals surface area contributed by atoms with E-state index in [0.29, 0.717) is 6.42 Å². The highest BCUT2D eigenvalue weighted by Gasteiger charge is 2.44. The number of hydrogen-bond donors (Lipinski definition) is 4. The van der Waals surface area contributed by atoms with Gasteiger partial charge in [-0.1, -0.05) is 191 Å². The molecular formula is C51H90O10. The predicted molar refractivity (Wildman–Crippen MR) is 247 cm³/mol. The summed E-state index contributed by atoms with van der Waals surface area (Å²) in [6.45, 7) is 3.32. The van der Waals surface area contributed by atoms with Crippen molar-refractivity contribution in [3.63, 3.8) is 0 Å². The SMILES string of the molecule is CC/C=C\C/C=C\C/C=C\C/C=C\CCCCCCCCCCCCC(=O)OC(COC(=O)CCCCCCCCCCCCCCC)COC1OC(CO)C(O)C(O)C1O. The standard InChI is InChI=1S/C51H90O10/c1-3-5-7-9-11-13-15-17-18-19-20-21-22-23-24-25-26-28-30-32-34-36-38-40-47(54)60-44(43-59-51-50(57)49(56)48(55)45(41-52)61-51)42-58-46(53)39-37-35-33-31-29-27-16-14-12-10-8-6-4-2/h5,7,11,13,17-18,20-21,44-45,48-52,55-57H,3-4,6,8-10,12,14-16,19,22-43H2,1-2H3/b7-5-,13-11-,18-17-,21-20-. The van der Waals surface area contributed by atoms with Gasteiger partial charge in [-0.25, -0.2) is 0 Å². The Morgan fingerprint density at radius 1 is 0.525 bits per heavy atom. The summed E-state index contributed by atoms with van der Waals surface area (Å²) in [6, 6.07) is 0. The van der Waals surface area contributed by atoms with Crippen LogP contribution in [0.3, 0.4) is 0 Å². The van der Waals surface area contributed by atoms with Crippen LogP contribution in [0.4, 0.5) is 0 Å². The first kappa shape index (κ1) is 56.7. The summed E-state index contributed by atoms with van der Waals surface area (Å²) in [5.74, 6) is -0.806. The first-order chi connectivity index (χ1) is 29.8. The van der Waals surface area contributed by atoms with E-state index in [1.54, 1.807) is 0 Å². The zero-order valence-electron chi connectivity index (χ0n) is 38.7. The van der Waals surface area contributed by atoms with Crippen LogP contribution in [0.15, 0.2) is 48.6 Å². The predicted octanol–water partition coefficient (Wildman–Crippen LogP) is 11.2. The molecule has 6 unspecified atom stereocenters. The van der Waals surface area contributed by atoms with E-state index in [2.05, 4.69) is 62.5 Å². The van der Waals surface area contributed by atoms with Crippen molar-refractivity contribution in [3.05, 3.63) is 48.6 Å². The number of hydrogen-bond acceptors (Lipinski definition) is 10. The highest BCUT2D eigenvalue weighted by Crippen LogP contribution is 2.23. The summed E-state index contributed by atoms with van der Waals surface area (Å²) < 4.78 is 22.2. The third kappa shape index (κ3) is 32.9. The number of rotatable bonds is 41. The minimum absolute atomic E-state index is 0.217. The molecule has 4 N–H and O–H groups in total. The monoisotopic (exact) mass is 863 g/mol. The van der Waals surface area contributed by atoms with Crippen LogP contribution in [0, 0.1) is 0 Å². The fraction of sp³-hybridized carbons (Fsp3) is 0.804. The zero-order chi connectivity index (χ0) is 44.4. The normalized spacial score (nSPS) is 20.1. The van der Waals surface area contributed by atoms with Crippen LogP contribution in [0.1, 0.15) is 206 Å². The molecule has 0 bridgehead atoms. The Labute approximate surface area is 371 Å². The van der Waals surface area contributed by atoms with Gasteiger partial charge in [0.2, 0.25) is 0 Å². The number of unbranched alkanes of at least 4 members (excludes halogenated alkanes) is 22. The number of ether oxygens (including phenoxy) is 4. The van der Waals surface area contributed by atoms with Crippen LogP contribution in [0.25, 0.3) is 0 Å². The molecule has 0 aliphatic carbocycles. The summed E-state index contributed by atoms with van der Waals surface area (Å²) in [7, 11) is 0. The summed E-state index contributed by atoms with van der Waals surface area (Å²) >= 11 is 0. The topological polar surface area (TPSA) is 152 Å². The average Bonchev–Trinajstić information content (AvgIpc) is 3.26. The maximum absolute atomic E-state index is 12.8. The van der Waals surface area contributed by atoms with Gasteiger partial charge < -0.3 is 39.4 Å². The molecule has 1 aliphatic rings. The van der Waals surface area contributed by atoms with Crippen LogP contribution in [-0.4, -0.2) is 89.0 Å². The second-order valence-corrected chi connectivity index (χ2v) is 16.9. The van der Waals surface area contributed by atoms with E-state index in [9.17, 15) is 30.0 Å². The maximum Gasteiger partial charge on any atom is 0.306 e. The molecule has 0 saturated carbocycles. The van der Waals surface area contributed by atoms with E-state index < -0.39 is 49.4 Å². The lowest BCUT2D eigenvalue weighted by Gasteiger charge is -2.39. The molecule has 0 radical (unpaired) electrons. The van der Waals surface area contributed by atoms with E-state index in [-0.39, 0.29) is 32.0 Å². The lowest BCUT2D eigenvalue weighted by molar-refractivity contribution is -0.305. The average molecular weight is 863 g/mol. The molecule has 0 aromatic heterocycles. The largest absolute Gasteiger partial charge is 0.462 e. The second kappa shape index (κ2) is 41.7. The Morgan fingerprint density at radius 2 is 0.967 bits per heavy atom. The minimum Gasteiger partial charge on any atom is -0.462 e. The second-order valence-electron chi connectivity index (χ2n) is 16.9. The molecule has 1 heterocycles. The Kier molecular flexibility index (Phi) is 38.7. The van der Waals surface area contributed by atoms with Crippen LogP contribution < -0.4 is 0 Å². The third-order valence-corrected chi connectivity index (χ3v) is 11.2. The first-order valence-electron chi connectivity index (χ1n) is 24.7. The minimum atomic E-state index is -1.60. The molecule has 1 aliphatic heterocycles. The summed E-state index contributed by atoms with van der Waals surface area (Å²) in [4.78, 5) is 25.4. The molecule has 61 heavy (non-hydrogen) atoms. The van der Waals surface area contributed by atoms with Gasteiger partial charge in [-0.3, -0.25) is 9.59 Å². The molecule has 354 valence electrons. The van der Waals surface area contributed by atoms with Gasteiger partial charge in [-0.05, 0) is 51.4 Å². The van der Waals surface area contributed by atoms with Gasteiger partial charge in [-0.15, -0.1) is 0 Å². The highest BCUT2D eigenvalue weighted by molar-refractivity contribution is 5.70. The Morgan fingerprint density at radius 3 is 1.46 bits per heavy atom. The lowest BCUT2D eigenvalue weighted by atomic mass is 9.99. The van der Waals surface area contributed by atoms with E-state index in [4.69, 9.17) is 18.9 Å². The zero-order valence-corrected chi connectivity index (χ0v) is 38.7. The molecule has 1 fully saturated rings. The van der Waals surface area contributed by atoms with Crippen molar-refractivity contribution >= 4 is 11.9 Å².